The summed E-state index contributed by atoms with van der Waals surface area (Å²) in [4.78, 5) is 14.2. The number of amides is 1. The van der Waals surface area contributed by atoms with Crippen LogP contribution in [0.3, 0.4) is 0 Å². The Morgan fingerprint density at radius 1 is 1.33 bits per heavy atom. The van der Waals surface area contributed by atoms with Crippen LogP contribution < -0.4 is 4.72 Å². The highest BCUT2D eigenvalue weighted by Gasteiger charge is 2.25. The van der Waals surface area contributed by atoms with E-state index >= 15 is 0 Å². The number of halogens is 1. The molecule has 5 nitrogen and oxygen atoms in total. The second kappa shape index (κ2) is 6.23. The summed E-state index contributed by atoms with van der Waals surface area (Å²) >= 11 is 6.09. The molecular weight excluding hydrogens is 312 g/mol. The molecule has 0 radical (unpaired) electrons. The van der Waals surface area contributed by atoms with E-state index in [9.17, 15) is 13.2 Å². The first-order chi connectivity index (χ1) is 9.78. The highest BCUT2D eigenvalue weighted by Crippen LogP contribution is 2.27. The summed E-state index contributed by atoms with van der Waals surface area (Å²) < 4.78 is 24.9. The van der Waals surface area contributed by atoms with Crippen molar-refractivity contribution < 1.29 is 13.2 Å². The largest absolute Gasteiger partial charge is 0.339 e. The minimum Gasteiger partial charge on any atom is -0.339 e. The fourth-order valence-electron chi connectivity index (χ4n) is 2.61. The summed E-state index contributed by atoms with van der Waals surface area (Å²) in [6.07, 6.45) is 5.33. The fraction of sp³-hybridized carbons (Fsp3) is 0.500. The molecule has 2 rings (SSSR count). The normalized spacial score (nSPS) is 16.0. The molecule has 7 heteroatoms. The SMILES string of the molecule is CN(C(=O)c1cc(NS(C)(=O)=O)ccc1Cl)C1CCCC1. The van der Waals surface area contributed by atoms with Crippen LogP contribution in [-0.2, 0) is 10.0 Å². The highest BCUT2D eigenvalue weighted by molar-refractivity contribution is 7.92. The first-order valence-corrected chi connectivity index (χ1v) is 9.09. The van der Waals surface area contributed by atoms with Gasteiger partial charge in [0.15, 0.2) is 0 Å². The van der Waals surface area contributed by atoms with Crippen LogP contribution in [0.4, 0.5) is 5.69 Å². The number of nitrogens with one attached hydrogen (secondary N) is 1. The lowest BCUT2D eigenvalue weighted by Gasteiger charge is -2.25. The van der Waals surface area contributed by atoms with Gasteiger partial charge in [-0.3, -0.25) is 9.52 Å². The van der Waals surface area contributed by atoms with Crippen molar-refractivity contribution in [3.63, 3.8) is 0 Å². The van der Waals surface area contributed by atoms with Gasteiger partial charge in [0.1, 0.15) is 0 Å². The first-order valence-electron chi connectivity index (χ1n) is 6.82. The Morgan fingerprint density at radius 3 is 2.52 bits per heavy atom. The third-order valence-corrected chi connectivity index (χ3v) is 4.63. The molecule has 0 spiro atoms. The van der Waals surface area contributed by atoms with E-state index in [1.54, 1.807) is 11.9 Å². The van der Waals surface area contributed by atoms with Gasteiger partial charge >= 0.3 is 0 Å². The Bertz CT molecular complexity index is 640. The van der Waals surface area contributed by atoms with Crippen molar-refractivity contribution >= 4 is 33.2 Å². The van der Waals surface area contributed by atoms with Crippen LogP contribution in [-0.4, -0.2) is 38.6 Å². The van der Waals surface area contributed by atoms with E-state index in [2.05, 4.69) is 4.72 Å². The molecule has 1 aliphatic rings. The molecule has 116 valence electrons. The third-order valence-electron chi connectivity index (χ3n) is 3.69. The second-order valence-corrected chi connectivity index (χ2v) is 7.58. The Hall–Kier alpha value is -1.27. The topological polar surface area (TPSA) is 66.5 Å². The molecule has 0 saturated heterocycles. The van der Waals surface area contributed by atoms with E-state index in [1.807, 2.05) is 0 Å². The lowest BCUT2D eigenvalue weighted by molar-refractivity contribution is 0.0735. The molecule has 1 aliphatic carbocycles. The Morgan fingerprint density at radius 2 is 1.95 bits per heavy atom. The smallest absolute Gasteiger partial charge is 0.255 e. The van der Waals surface area contributed by atoms with E-state index in [1.165, 1.54) is 18.2 Å². The fourth-order valence-corrected chi connectivity index (χ4v) is 3.37. The van der Waals surface area contributed by atoms with Crippen LogP contribution in [0.15, 0.2) is 18.2 Å². The number of carbonyl (C=O) groups excluding carboxylic acids is 1. The van der Waals surface area contributed by atoms with Crippen molar-refractivity contribution in [3.8, 4) is 0 Å². The molecule has 0 aliphatic heterocycles. The molecule has 1 N–H and O–H groups in total. The van der Waals surface area contributed by atoms with Crippen molar-refractivity contribution in [2.24, 2.45) is 0 Å². The van der Waals surface area contributed by atoms with E-state index in [0.29, 0.717) is 16.3 Å². The van der Waals surface area contributed by atoms with Crippen LogP contribution in [0.25, 0.3) is 0 Å². The van der Waals surface area contributed by atoms with Crippen LogP contribution in [0, 0.1) is 0 Å². The predicted octanol–water partition coefficient (Wildman–Crippen LogP) is 2.73. The van der Waals surface area contributed by atoms with Crippen LogP contribution in [0.2, 0.25) is 5.02 Å². The van der Waals surface area contributed by atoms with Crippen LogP contribution >= 0.6 is 11.6 Å². The summed E-state index contributed by atoms with van der Waals surface area (Å²) in [6.45, 7) is 0. The molecule has 1 aromatic carbocycles. The summed E-state index contributed by atoms with van der Waals surface area (Å²) in [5.74, 6) is -0.177. The predicted molar refractivity (Wildman–Crippen MR) is 84.3 cm³/mol. The van der Waals surface area contributed by atoms with Gasteiger partial charge in [0.2, 0.25) is 10.0 Å². The van der Waals surface area contributed by atoms with Gasteiger partial charge in [0.25, 0.3) is 5.91 Å². The minimum atomic E-state index is -3.39. The van der Waals surface area contributed by atoms with Crippen molar-refractivity contribution in [2.75, 3.05) is 18.0 Å². The second-order valence-electron chi connectivity index (χ2n) is 5.42. The van der Waals surface area contributed by atoms with Crippen molar-refractivity contribution in [1.29, 1.82) is 0 Å². The molecule has 1 aromatic rings. The minimum absolute atomic E-state index is 0.177. The maximum absolute atomic E-state index is 12.5. The number of nitrogens with zero attached hydrogens (tertiary/aromatic N) is 1. The van der Waals surface area contributed by atoms with Crippen LogP contribution in [0.5, 0.6) is 0 Å². The quantitative estimate of drug-likeness (QED) is 0.923. The lowest BCUT2D eigenvalue weighted by Crippen LogP contribution is -2.35. The maximum Gasteiger partial charge on any atom is 0.255 e. The average molecular weight is 331 g/mol. The highest BCUT2D eigenvalue weighted by atomic mass is 35.5. The van der Waals surface area contributed by atoms with E-state index in [-0.39, 0.29) is 11.9 Å². The molecule has 0 atom stereocenters. The summed E-state index contributed by atoms with van der Waals surface area (Å²) in [7, 11) is -1.62. The van der Waals surface area contributed by atoms with Crippen molar-refractivity contribution in [2.45, 2.75) is 31.7 Å². The van der Waals surface area contributed by atoms with Gasteiger partial charge in [0.05, 0.1) is 16.8 Å². The zero-order valence-electron chi connectivity index (χ0n) is 12.1. The van der Waals surface area contributed by atoms with Crippen molar-refractivity contribution in [3.05, 3.63) is 28.8 Å². The maximum atomic E-state index is 12.5. The summed E-state index contributed by atoms with van der Waals surface area (Å²) in [5, 5.41) is 0.323. The number of benzene rings is 1. The first kappa shape index (κ1) is 16.1. The average Bonchev–Trinajstić information content (AvgIpc) is 2.91. The Labute approximate surface area is 130 Å². The monoisotopic (exact) mass is 330 g/mol. The number of carbonyl (C=O) groups is 1. The standard InChI is InChI=1S/C14H19ClN2O3S/c1-17(11-5-3-4-6-11)14(18)12-9-10(7-8-13(12)15)16-21(2,19)20/h7-9,11,16H,3-6H2,1-2H3. The van der Waals surface area contributed by atoms with Crippen molar-refractivity contribution in [1.82, 2.24) is 4.90 Å². The molecule has 0 aromatic heterocycles. The summed E-state index contributed by atoms with van der Waals surface area (Å²) in [5.41, 5.74) is 0.657. The van der Waals surface area contributed by atoms with Gasteiger partial charge < -0.3 is 4.90 Å². The van der Waals surface area contributed by atoms with E-state index in [0.717, 1.165) is 31.9 Å². The molecule has 1 fully saturated rings. The van der Waals surface area contributed by atoms with Gasteiger partial charge in [-0.15, -0.1) is 0 Å². The number of anilines is 1. The lowest BCUT2D eigenvalue weighted by atomic mass is 10.1. The molecular formula is C14H19ClN2O3S. The van der Waals surface area contributed by atoms with E-state index < -0.39 is 10.0 Å². The third kappa shape index (κ3) is 4.11. The van der Waals surface area contributed by atoms with Gasteiger partial charge in [-0.05, 0) is 31.0 Å². The van der Waals surface area contributed by atoms with Gasteiger partial charge in [-0.25, -0.2) is 8.42 Å². The Kier molecular flexibility index (Phi) is 4.78. The van der Waals surface area contributed by atoms with E-state index in [4.69, 9.17) is 11.6 Å². The molecule has 21 heavy (non-hydrogen) atoms. The number of hydrogen-bond donors (Lipinski definition) is 1. The molecule has 1 amide bonds. The number of hydrogen-bond acceptors (Lipinski definition) is 3. The van der Waals surface area contributed by atoms with Gasteiger partial charge in [-0.2, -0.15) is 0 Å². The molecule has 0 heterocycles. The molecule has 0 unspecified atom stereocenters. The van der Waals surface area contributed by atoms with Crippen LogP contribution in [0.1, 0.15) is 36.0 Å². The van der Waals surface area contributed by atoms with Gasteiger partial charge in [0, 0.05) is 18.8 Å². The molecule has 1 saturated carbocycles. The Balaban J connectivity index is 2.25. The number of sulfonamides is 1. The zero-order valence-corrected chi connectivity index (χ0v) is 13.7. The summed E-state index contributed by atoms with van der Waals surface area (Å²) in [6, 6.07) is 4.79. The number of rotatable bonds is 4. The molecule has 0 bridgehead atoms. The van der Waals surface area contributed by atoms with Gasteiger partial charge in [-0.1, -0.05) is 24.4 Å². The zero-order chi connectivity index (χ0) is 15.6.